The molecule has 0 aliphatic carbocycles. The van der Waals surface area contributed by atoms with Crippen molar-refractivity contribution in [2.45, 2.75) is 0 Å². The lowest BCUT2D eigenvalue weighted by Gasteiger charge is -2.27. The van der Waals surface area contributed by atoms with Gasteiger partial charge in [0, 0.05) is 23.8 Å². The van der Waals surface area contributed by atoms with E-state index in [-0.39, 0.29) is 0 Å². The van der Waals surface area contributed by atoms with Crippen LogP contribution in [0.15, 0.2) is 116 Å². The monoisotopic (exact) mass is 421 g/mol. The van der Waals surface area contributed by atoms with Crippen LogP contribution in [0.3, 0.4) is 0 Å². The van der Waals surface area contributed by atoms with Crippen LogP contribution >= 0.6 is 0 Å². The minimum absolute atomic E-state index is 0.883. The number of hydrogen-bond acceptors (Lipinski definition) is 3. The van der Waals surface area contributed by atoms with E-state index in [2.05, 4.69) is 94.8 Å². The fourth-order valence-corrected chi connectivity index (χ4v) is 5.03. The third kappa shape index (κ3) is 2.76. The van der Waals surface area contributed by atoms with E-state index in [1.807, 2.05) is 18.2 Å². The molecule has 0 aliphatic heterocycles. The largest absolute Gasteiger partial charge is 0.308 e. The maximum Gasteiger partial charge on any atom is 0.113 e. The first-order valence-corrected chi connectivity index (χ1v) is 11.1. The summed E-state index contributed by atoms with van der Waals surface area (Å²) in [5.41, 5.74) is 4.97. The molecular formula is C30H19N3. The van der Waals surface area contributed by atoms with Crippen molar-refractivity contribution in [3.8, 4) is 0 Å². The zero-order valence-electron chi connectivity index (χ0n) is 17.8. The maximum atomic E-state index is 4.69. The van der Waals surface area contributed by atoms with Crippen molar-refractivity contribution < 1.29 is 0 Å². The number of anilines is 3. The molecule has 3 nitrogen and oxygen atoms in total. The van der Waals surface area contributed by atoms with Crippen LogP contribution in [0.4, 0.5) is 17.1 Å². The number of rotatable bonds is 3. The highest BCUT2D eigenvalue weighted by molar-refractivity contribution is 6.23. The smallest absolute Gasteiger partial charge is 0.113 e. The number of fused-ring (bicyclic) bond motifs is 1. The maximum absolute atomic E-state index is 4.69. The van der Waals surface area contributed by atoms with Gasteiger partial charge in [-0.3, -0.25) is 9.97 Å². The van der Waals surface area contributed by atoms with Gasteiger partial charge < -0.3 is 4.90 Å². The average molecular weight is 422 g/mol. The minimum atomic E-state index is 0.883. The molecule has 1 aromatic heterocycles. The third-order valence-electron chi connectivity index (χ3n) is 6.44. The molecule has 0 N–H and O–H groups in total. The molecule has 0 fully saturated rings. The molecule has 0 atom stereocenters. The summed E-state index contributed by atoms with van der Waals surface area (Å²) in [6, 6.07) is 36.7. The Bertz CT molecular complexity index is 1700. The Balaban J connectivity index is 1.56. The van der Waals surface area contributed by atoms with Crippen LogP contribution in [0, 0.1) is 0 Å². The summed E-state index contributed by atoms with van der Waals surface area (Å²) in [5.74, 6) is 0. The lowest BCUT2D eigenvalue weighted by molar-refractivity contribution is 1.25. The summed E-state index contributed by atoms with van der Waals surface area (Å²) >= 11 is 0. The van der Waals surface area contributed by atoms with Crippen molar-refractivity contribution in [3.63, 3.8) is 0 Å². The van der Waals surface area contributed by atoms with Crippen molar-refractivity contribution >= 4 is 60.4 Å². The fourth-order valence-electron chi connectivity index (χ4n) is 5.03. The van der Waals surface area contributed by atoms with Gasteiger partial charge in [-0.15, -0.1) is 0 Å². The van der Waals surface area contributed by atoms with Crippen molar-refractivity contribution in [1.29, 1.82) is 0 Å². The molecule has 0 amide bonds. The molecule has 154 valence electrons. The zero-order chi connectivity index (χ0) is 21.8. The predicted molar refractivity (Wildman–Crippen MR) is 138 cm³/mol. The highest BCUT2D eigenvalue weighted by Gasteiger charge is 2.18. The molecule has 0 radical (unpaired) electrons. The molecule has 0 aliphatic rings. The molecule has 0 unspecified atom stereocenters. The van der Waals surface area contributed by atoms with Crippen LogP contribution in [0.25, 0.3) is 43.4 Å². The predicted octanol–water partition coefficient (Wildman–Crippen LogP) is 8.00. The first-order chi connectivity index (χ1) is 16.4. The minimum Gasteiger partial charge on any atom is -0.308 e. The lowest BCUT2D eigenvalue weighted by Crippen LogP contribution is -2.11. The Morgan fingerprint density at radius 2 is 1.12 bits per heavy atom. The topological polar surface area (TPSA) is 29.0 Å². The number of hydrogen-bond donors (Lipinski definition) is 0. The van der Waals surface area contributed by atoms with Gasteiger partial charge in [0.15, 0.2) is 0 Å². The SMILES string of the molecule is c1ccc(N(c2cc3ccc4cccc5ccc(c2)c3c45)c2cccc3nccnc23)cc1. The van der Waals surface area contributed by atoms with E-state index in [1.165, 1.54) is 32.3 Å². The summed E-state index contributed by atoms with van der Waals surface area (Å²) in [7, 11) is 0. The Morgan fingerprint density at radius 1 is 0.485 bits per heavy atom. The van der Waals surface area contributed by atoms with Crippen LogP contribution in [0.2, 0.25) is 0 Å². The van der Waals surface area contributed by atoms with Crippen molar-refractivity contribution in [2.75, 3.05) is 4.90 Å². The molecule has 0 spiro atoms. The van der Waals surface area contributed by atoms with Gasteiger partial charge in [0.2, 0.25) is 0 Å². The van der Waals surface area contributed by atoms with Crippen LogP contribution < -0.4 is 4.90 Å². The number of benzene rings is 6. The van der Waals surface area contributed by atoms with Gasteiger partial charge in [-0.2, -0.15) is 0 Å². The Hall–Kier alpha value is -4.50. The Kier molecular flexibility index (Phi) is 3.84. The van der Waals surface area contributed by atoms with Gasteiger partial charge in [-0.05, 0) is 68.7 Å². The van der Waals surface area contributed by atoms with Crippen LogP contribution in [0.5, 0.6) is 0 Å². The summed E-state index contributed by atoms with van der Waals surface area (Å²) in [6.07, 6.45) is 3.50. The number of nitrogens with zero attached hydrogens (tertiary/aromatic N) is 3. The molecule has 0 saturated heterocycles. The van der Waals surface area contributed by atoms with E-state index in [9.17, 15) is 0 Å². The first kappa shape index (κ1) is 18.1. The lowest BCUT2D eigenvalue weighted by atomic mass is 9.93. The number of aromatic nitrogens is 2. The third-order valence-corrected chi connectivity index (χ3v) is 6.44. The molecule has 7 rings (SSSR count). The van der Waals surface area contributed by atoms with Gasteiger partial charge in [0.1, 0.15) is 5.52 Å². The fraction of sp³-hybridized carbons (Fsp3) is 0. The van der Waals surface area contributed by atoms with E-state index < -0.39 is 0 Å². The molecular weight excluding hydrogens is 402 g/mol. The van der Waals surface area contributed by atoms with Crippen molar-refractivity contribution in [3.05, 3.63) is 116 Å². The van der Waals surface area contributed by atoms with E-state index in [0.29, 0.717) is 0 Å². The molecule has 0 bridgehead atoms. The molecule has 0 saturated carbocycles. The summed E-state index contributed by atoms with van der Waals surface area (Å²) in [6.45, 7) is 0. The second-order valence-corrected chi connectivity index (χ2v) is 8.35. The van der Waals surface area contributed by atoms with E-state index in [4.69, 9.17) is 4.98 Å². The van der Waals surface area contributed by atoms with Crippen LogP contribution in [0.1, 0.15) is 0 Å². The van der Waals surface area contributed by atoms with Crippen LogP contribution in [-0.4, -0.2) is 9.97 Å². The van der Waals surface area contributed by atoms with Gasteiger partial charge >= 0.3 is 0 Å². The average Bonchev–Trinajstić information content (AvgIpc) is 2.88. The van der Waals surface area contributed by atoms with Gasteiger partial charge in [-0.25, -0.2) is 0 Å². The second-order valence-electron chi connectivity index (χ2n) is 8.35. The van der Waals surface area contributed by atoms with Crippen molar-refractivity contribution in [2.24, 2.45) is 0 Å². The Labute approximate surface area is 190 Å². The van der Waals surface area contributed by atoms with E-state index in [1.54, 1.807) is 12.4 Å². The molecule has 33 heavy (non-hydrogen) atoms. The van der Waals surface area contributed by atoms with E-state index >= 15 is 0 Å². The van der Waals surface area contributed by atoms with Gasteiger partial charge in [0.25, 0.3) is 0 Å². The summed E-state index contributed by atoms with van der Waals surface area (Å²) < 4.78 is 0. The molecule has 1 heterocycles. The number of para-hydroxylation sites is 2. The highest BCUT2D eigenvalue weighted by atomic mass is 15.1. The quantitative estimate of drug-likeness (QED) is 0.271. The first-order valence-electron chi connectivity index (χ1n) is 11.1. The molecule has 3 heteroatoms. The zero-order valence-corrected chi connectivity index (χ0v) is 17.8. The molecule has 7 aromatic rings. The Morgan fingerprint density at radius 3 is 1.88 bits per heavy atom. The van der Waals surface area contributed by atoms with Gasteiger partial charge in [-0.1, -0.05) is 66.7 Å². The normalized spacial score (nSPS) is 11.6. The standard InChI is InChI=1S/C30H19N3/c1-2-8-24(9-3-1)33(27-11-5-10-26-30(27)32-17-16-31-26)25-18-22-14-12-20-6-4-7-21-13-15-23(19-25)29(22)28(20)21/h1-19H. The highest BCUT2D eigenvalue weighted by Crippen LogP contribution is 2.42. The van der Waals surface area contributed by atoms with E-state index in [0.717, 1.165) is 28.1 Å². The molecule has 6 aromatic carbocycles. The second kappa shape index (κ2) is 7.01. The van der Waals surface area contributed by atoms with Crippen molar-refractivity contribution in [1.82, 2.24) is 9.97 Å². The van der Waals surface area contributed by atoms with Gasteiger partial charge in [0.05, 0.1) is 11.2 Å². The summed E-state index contributed by atoms with van der Waals surface area (Å²) in [4.78, 5) is 11.5. The summed E-state index contributed by atoms with van der Waals surface area (Å²) in [5, 5.41) is 7.68. The van der Waals surface area contributed by atoms with Crippen LogP contribution in [-0.2, 0) is 0 Å².